The minimum absolute atomic E-state index is 0.165. The van der Waals surface area contributed by atoms with Gasteiger partial charge in [0, 0.05) is 12.1 Å². The van der Waals surface area contributed by atoms with Crippen LogP contribution in [0.15, 0.2) is 45.8 Å². The monoisotopic (exact) mass is 409 g/mol. The molecule has 1 aliphatic carbocycles. The highest BCUT2D eigenvalue weighted by Crippen LogP contribution is 2.44. The van der Waals surface area contributed by atoms with E-state index in [1.165, 1.54) is 18.4 Å². The molecular weight excluding hydrogens is 390 g/mol. The topological polar surface area (TPSA) is 76.1 Å². The standard InChI is InChI=1S/C19H20ClNO5S/c1-4-26-18-6-5-16(27-18)19(24)21-10(2)11(8-17(22)23)12-7-15(25-3)13(20)9-14(12)21/h5-7,14H,4,8-9H2,1-3H3,(H,22,23). The van der Waals surface area contributed by atoms with Crippen LogP contribution in [0, 0.1) is 0 Å². The lowest BCUT2D eigenvalue weighted by atomic mass is 9.92. The number of ether oxygens (including phenoxy) is 2. The smallest absolute Gasteiger partial charge is 0.307 e. The Labute approximate surface area is 166 Å². The maximum atomic E-state index is 13.2. The fraction of sp³-hybridized carbons (Fsp3) is 0.368. The number of amides is 1. The molecule has 0 saturated carbocycles. The molecule has 1 atom stereocenters. The molecule has 27 heavy (non-hydrogen) atoms. The van der Waals surface area contributed by atoms with Gasteiger partial charge in [0.15, 0.2) is 5.06 Å². The molecule has 8 heteroatoms. The molecule has 1 aromatic heterocycles. The van der Waals surface area contributed by atoms with Crippen LogP contribution in [-0.4, -0.2) is 41.6 Å². The van der Waals surface area contributed by atoms with Gasteiger partial charge in [-0.15, -0.1) is 0 Å². The predicted molar refractivity (Wildman–Crippen MR) is 103 cm³/mol. The number of fused-ring (bicyclic) bond motifs is 1. The number of halogens is 1. The zero-order chi connectivity index (χ0) is 19.7. The van der Waals surface area contributed by atoms with Crippen molar-refractivity contribution in [2.75, 3.05) is 13.7 Å². The summed E-state index contributed by atoms with van der Waals surface area (Å²) in [6.45, 7) is 4.18. The van der Waals surface area contributed by atoms with Crippen molar-refractivity contribution in [1.82, 2.24) is 4.90 Å². The second-order valence-corrected chi connectivity index (χ2v) is 7.66. The molecule has 1 unspecified atom stereocenters. The number of rotatable bonds is 6. The maximum absolute atomic E-state index is 13.2. The summed E-state index contributed by atoms with van der Waals surface area (Å²) in [7, 11) is 1.52. The van der Waals surface area contributed by atoms with Crippen molar-refractivity contribution in [1.29, 1.82) is 0 Å². The summed E-state index contributed by atoms with van der Waals surface area (Å²) < 4.78 is 10.7. The minimum Gasteiger partial charge on any atom is -0.496 e. The van der Waals surface area contributed by atoms with Gasteiger partial charge in [0.25, 0.3) is 5.91 Å². The lowest BCUT2D eigenvalue weighted by Gasteiger charge is -2.29. The minimum atomic E-state index is -0.951. The first kappa shape index (κ1) is 19.5. The molecule has 1 aliphatic heterocycles. The highest BCUT2D eigenvalue weighted by Gasteiger charge is 2.41. The lowest BCUT2D eigenvalue weighted by molar-refractivity contribution is -0.136. The number of hydrogen-bond donors (Lipinski definition) is 1. The number of allylic oxidation sites excluding steroid dienone is 2. The lowest BCUT2D eigenvalue weighted by Crippen LogP contribution is -2.36. The van der Waals surface area contributed by atoms with Crippen LogP contribution in [0.3, 0.4) is 0 Å². The van der Waals surface area contributed by atoms with Gasteiger partial charge in [-0.25, -0.2) is 0 Å². The van der Waals surface area contributed by atoms with Crippen LogP contribution in [0.25, 0.3) is 0 Å². The summed E-state index contributed by atoms with van der Waals surface area (Å²) >= 11 is 7.61. The van der Waals surface area contributed by atoms with Crippen LogP contribution in [0.5, 0.6) is 5.06 Å². The van der Waals surface area contributed by atoms with Gasteiger partial charge in [0.05, 0.1) is 36.1 Å². The Bertz CT molecular complexity index is 882. The molecule has 0 bridgehead atoms. The summed E-state index contributed by atoms with van der Waals surface area (Å²) in [4.78, 5) is 26.7. The number of hydrogen-bond acceptors (Lipinski definition) is 5. The SMILES string of the molecule is CCOc1ccc(C(=O)N2C(C)=C(CC(=O)O)C3=CC(OC)=C(Cl)CC32)s1. The van der Waals surface area contributed by atoms with E-state index in [2.05, 4.69) is 0 Å². The van der Waals surface area contributed by atoms with Crippen molar-refractivity contribution in [2.24, 2.45) is 0 Å². The van der Waals surface area contributed by atoms with E-state index >= 15 is 0 Å². The highest BCUT2D eigenvalue weighted by molar-refractivity contribution is 7.15. The van der Waals surface area contributed by atoms with E-state index in [1.807, 2.05) is 6.92 Å². The van der Waals surface area contributed by atoms with Crippen molar-refractivity contribution in [3.63, 3.8) is 0 Å². The number of methoxy groups -OCH3 is 1. The zero-order valence-electron chi connectivity index (χ0n) is 15.2. The third kappa shape index (κ3) is 3.61. The number of thiophene rings is 1. The van der Waals surface area contributed by atoms with Crippen LogP contribution < -0.4 is 4.74 Å². The Morgan fingerprint density at radius 3 is 2.78 bits per heavy atom. The van der Waals surface area contributed by atoms with Gasteiger partial charge in [0.2, 0.25) is 0 Å². The second-order valence-electron chi connectivity index (χ2n) is 6.15. The van der Waals surface area contributed by atoms with E-state index in [1.54, 1.807) is 30.0 Å². The molecule has 1 aromatic rings. The number of aliphatic carboxylic acids is 1. The van der Waals surface area contributed by atoms with Crippen molar-refractivity contribution >= 4 is 34.8 Å². The number of carboxylic acid groups (broad SMARTS) is 1. The molecule has 6 nitrogen and oxygen atoms in total. The van der Waals surface area contributed by atoms with Gasteiger partial charge in [0.1, 0.15) is 5.76 Å². The molecule has 0 fully saturated rings. The largest absolute Gasteiger partial charge is 0.496 e. The molecule has 144 valence electrons. The number of carbonyl (C=O) groups is 2. The summed E-state index contributed by atoms with van der Waals surface area (Å²) in [5, 5.41) is 10.5. The van der Waals surface area contributed by atoms with E-state index < -0.39 is 5.97 Å². The van der Waals surface area contributed by atoms with Gasteiger partial charge in [-0.1, -0.05) is 22.9 Å². The van der Waals surface area contributed by atoms with E-state index in [4.69, 9.17) is 21.1 Å². The van der Waals surface area contributed by atoms with Crippen molar-refractivity contribution in [2.45, 2.75) is 32.7 Å². The Balaban J connectivity index is 2.01. The zero-order valence-corrected chi connectivity index (χ0v) is 16.8. The fourth-order valence-electron chi connectivity index (χ4n) is 3.42. The summed E-state index contributed by atoms with van der Waals surface area (Å²) in [5.74, 6) is -0.639. The Kier molecular flexibility index (Phi) is 5.62. The maximum Gasteiger partial charge on any atom is 0.307 e. The molecule has 0 aromatic carbocycles. The van der Waals surface area contributed by atoms with E-state index in [9.17, 15) is 14.7 Å². The molecule has 3 rings (SSSR count). The molecule has 0 spiro atoms. The van der Waals surface area contributed by atoms with Gasteiger partial charge in [-0.05, 0) is 43.2 Å². The van der Waals surface area contributed by atoms with E-state index in [0.717, 1.165) is 5.57 Å². The quantitative estimate of drug-likeness (QED) is 0.763. The third-order valence-corrected chi connectivity index (χ3v) is 5.92. The Morgan fingerprint density at radius 2 is 2.15 bits per heavy atom. The molecule has 0 radical (unpaired) electrons. The average molecular weight is 410 g/mol. The van der Waals surface area contributed by atoms with Crippen LogP contribution in [-0.2, 0) is 9.53 Å². The number of nitrogens with zero attached hydrogens (tertiary/aromatic N) is 1. The van der Waals surface area contributed by atoms with Gasteiger partial charge >= 0.3 is 5.97 Å². The first-order valence-corrected chi connectivity index (χ1v) is 9.69. The fourth-order valence-corrected chi connectivity index (χ4v) is 4.55. The molecular formula is C19H20ClNO5S. The van der Waals surface area contributed by atoms with Crippen LogP contribution in [0.1, 0.15) is 36.4 Å². The van der Waals surface area contributed by atoms with Gasteiger partial charge in [-0.2, -0.15) is 0 Å². The molecule has 1 N–H and O–H groups in total. The predicted octanol–water partition coefficient (Wildman–Crippen LogP) is 4.15. The van der Waals surface area contributed by atoms with Crippen LogP contribution >= 0.6 is 22.9 Å². The van der Waals surface area contributed by atoms with Crippen LogP contribution in [0.2, 0.25) is 0 Å². The molecule has 0 saturated heterocycles. The van der Waals surface area contributed by atoms with E-state index in [0.29, 0.717) is 45.0 Å². The molecule has 2 heterocycles. The normalized spacial score (nSPS) is 19.2. The molecule has 1 amide bonds. The molecule has 2 aliphatic rings. The van der Waals surface area contributed by atoms with Gasteiger partial charge < -0.3 is 19.5 Å². The Morgan fingerprint density at radius 1 is 1.41 bits per heavy atom. The van der Waals surface area contributed by atoms with E-state index in [-0.39, 0.29) is 18.4 Å². The summed E-state index contributed by atoms with van der Waals surface area (Å²) in [6.07, 6.45) is 1.96. The second kappa shape index (κ2) is 7.78. The Hall–Kier alpha value is -2.25. The van der Waals surface area contributed by atoms with Crippen molar-refractivity contribution in [3.8, 4) is 5.06 Å². The van der Waals surface area contributed by atoms with Crippen molar-refractivity contribution < 1.29 is 24.2 Å². The summed E-state index contributed by atoms with van der Waals surface area (Å²) in [5.41, 5.74) is 2.03. The third-order valence-electron chi connectivity index (χ3n) is 4.59. The number of carboxylic acids is 1. The summed E-state index contributed by atoms with van der Waals surface area (Å²) in [6, 6.07) is 3.16. The average Bonchev–Trinajstić information content (AvgIpc) is 3.18. The number of carbonyl (C=O) groups excluding carboxylic acids is 1. The first-order chi connectivity index (χ1) is 12.9. The van der Waals surface area contributed by atoms with Crippen LogP contribution in [0.4, 0.5) is 0 Å². The highest BCUT2D eigenvalue weighted by atomic mass is 35.5. The first-order valence-electron chi connectivity index (χ1n) is 8.49. The van der Waals surface area contributed by atoms with Gasteiger partial charge in [-0.3, -0.25) is 9.59 Å². The van der Waals surface area contributed by atoms with Crippen molar-refractivity contribution in [3.05, 3.63) is 50.7 Å².